The fourth-order valence-corrected chi connectivity index (χ4v) is 2.11. The highest BCUT2D eigenvalue weighted by molar-refractivity contribution is 6.29. The number of halogens is 1. The molecule has 0 saturated carbocycles. The number of hydrogen-bond donors (Lipinski definition) is 2. The molecule has 96 valence electrons. The molecule has 6 heteroatoms. The summed E-state index contributed by atoms with van der Waals surface area (Å²) in [7, 11) is 0. The molecule has 1 aromatic heterocycles. The number of aromatic nitrogens is 1. The molecule has 2 N–H and O–H groups in total. The number of ether oxygens (including phenoxy) is 1. The number of anilines is 1. The highest BCUT2D eigenvalue weighted by Crippen LogP contribution is 2.26. The third-order valence-corrected chi connectivity index (χ3v) is 3.35. The fraction of sp³-hybridized carbons (Fsp3) is 0.500. The molecule has 1 aromatic rings. The van der Waals surface area contributed by atoms with E-state index in [9.17, 15) is 5.11 Å². The molecule has 2 unspecified atom stereocenters. The average molecular weight is 268 g/mol. The van der Waals surface area contributed by atoms with E-state index in [1.165, 1.54) is 6.07 Å². The molecule has 0 bridgehead atoms. The molecule has 1 saturated heterocycles. The summed E-state index contributed by atoms with van der Waals surface area (Å²) in [5.41, 5.74) is -0.475. The molecule has 0 amide bonds. The third kappa shape index (κ3) is 2.72. The molecule has 0 aromatic carbocycles. The Morgan fingerprint density at radius 2 is 2.50 bits per heavy atom. The zero-order valence-electron chi connectivity index (χ0n) is 9.98. The van der Waals surface area contributed by atoms with E-state index in [1.807, 2.05) is 13.0 Å². The Bertz CT molecular complexity index is 489. The lowest BCUT2D eigenvalue weighted by Gasteiger charge is -2.26. The maximum Gasteiger partial charge on any atom is 0.132 e. The van der Waals surface area contributed by atoms with Gasteiger partial charge in [-0.05, 0) is 19.1 Å². The summed E-state index contributed by atoms with van der Waals surface area (Å²) in [6, 6.07) is 5.08. The van der Waals surface area contributed by atoms with Crippen molar-refractivity contribution in [3.63, 3.8) is 0 Å². The quantitative estimate of drug-likeness (QED) is 0.813. The topological polar surface area (TPSA) is 78.2 Å². The van der Waals surface area contributed by atoms with E-state index in [2.05, 4.69) is 10.3 Å². The standard InChI is InChI=1S/C12H14ClN3O2/c1-8-12(17,2-3-18-8)7-15-11-5-9(6-14)4-10(13)16-11/h4-5,8,17H,2-3,7H2,1H3,(H,15,16). The first-order valence-electron chi connectivity index (χ1n) is 5.69. The van der Waals surface area contributed by atoms with Crippen LogP contribution in [0.3, 0.4) is 0 Å². The molecule has 0 radical (unpaired) electrons. The van der Waals surface area contributed by atoms with Gasteiger partial charge in [-0.2, -0.15) is 5.26 Å². The van der Waals surface area contributed by atoms with Crippen LogP contribution in [0, 0.1) is 11.3 Å². The lowest BCUT2D eigenvalue weighted by atomic mass is 9.97. The predicted molar refractivity (Wildman–Crippen MR) is 67.4 cm³/mol. The second-order valence-corrected chi connectivity index (χ2v) is 4.78. The lowest BCUT2D eigenvalue weighted by molar-refractivity contribution is -0.0176. The highest BCUT2D eigenvalue weighted by atomic mass is 35.5. The second kappa shape index (κ2) is 5.11. The molecule has 2 atom stereocenters. The third-order valence-electron chi connectivity index (χ3n) is 3.16. The number of hydrogen-bond acceptors (Lipinski definition) is 5. The van der Waals surface area contributed by atoms with Crippen molar-refractivity contribution in [2.24, 2.45) is 0 Å². The van der Waals surface area contributed by atoms with E-state index in [4.69, 9.17) is 21.6 Å². The molecule has 5 nitrogen and oxygen atoms in total. The lowest BCUT2D eigenvalue weighted by Crippen LogP contribution is -2.43. The summed E-state index contributed by atoms with van der Waals surface area (Å²) in [6.45, 7) is 2.69. The van der Waals surface area contributed by atoms with Gasteiger partial charge in [-0.3, -0.25) is 0 Å². The zero-order valence-corrected chi connectivity index (χ0v) is 10.7. The van der Waals surface area contributed by atoms with Crippen LogP contribution in [0.1, 0.15) is 18.9 Å². The number of nitrogens with zero attached hydrogens (tertiary/aromatic N) is 2. The van der Waals surface area contributed by atoms with Crippen molar-refractivity contribution in [1.82, 2.24) is 4.98 Å². The van der Waals surface area contributed by atoms with Crippen molar-refractivity contribution in [3.8, 4) is 6.07 Å². The molecule has 1 aliphatic heterocycles. The van der Waals surface area contributed by atoms with Crippen LogP contribution < -0.4 is 5.32 Å². The first kappa shape index (κ1) is 13.1. The summed E-state index contributed by atoms with van der Waals surface area (Å²) in [5.74, 6) is 0.478. The van der Waals surface area contributed by atoms with E-state index in [-0.39, 0.29) is 11.3 Å². The Kier molecular flexibility index (Phi) is 3.71. The highest BCUT2D eigenvalue weighted by Gasteiger charge is 2.39. The van der Waals surface area contributed by atoms with Gasteiger partial charge in [-0.1, -0.05) is 11.6 Å². The summed E-state index contributed by atoms with van der Waals surface area (Å²) in [6.07, 6.45) is 0.354. The number of nitrogens with one attached hydrogen (secondary N) is 1. The van der Waals surface area contributed by atoms with E-state index in [0.29, 0.717) is 31.0 Å². The van der Waals surface area contributed by atoms with Gasteiger partial charge in [0.05, 0.1) is 17.7 Å². The summed E-state index contributed by atoms with van der Waals surface area (Å²) in [5, 5.41) is 22.4. The molecule has 2 rings (SSSR count). The van der Waals surface area contributed by atoms with Gasteiger partial charge < -0.3 is 15.2 Å². The fourth-order valence-electron chi connectivity index (χ4n) is 1.90. The number of pyridine rings is 1. The van der Waals surface area contributed by atoms with Gasteiger partial charge in [-0.15, -0.1) is 0 Å². The summed E-state index contributed by atoms with van der Waals surface area (Å²) in [4.78, 5) is 4.05. The first-order valence-corrected chi connectivity index (χ1v) is 6.07. The number of aliphatic hydroxyl groups is 1. The monoisotopic (exact) mass is 267 g/mol. The SMILES string of the molecule is CC1OCCC1(O)CNc1cc(C#N)cc(Cl)n1. The molecule has 18 heavy (non-hydrogen) atoms. The van der Waals surface area contributed by atoms with Crippen molar-refractivity contribution >= 4 is 17.4 Å². The molecule has 2 heterocycles. The largest absolute Gasteiger partial charge is 0.385 e. The van der Waals surface area contributed by atoms with Gasteiger partial charge in [0.25, 0.3) is 0 Å². The van der Waals surface area contributed by atoms with Crippen LogP contribution >= 0.6 is 11.6 Å². The number of rotatable bonds is 3. The molecular weight excluding hydrogens is 254 g/mol. The molecular formula is C12H14ClN3O2. The van der Waals surface area contributed by atoms with Crippen LogP contribution in [0.5, 0.6) is 0 Å². The van der Waals surface area contributed by atoms with Crippen LogP contribution in [0.2, 0.25) is 5.15 Å². The number of nitriles is 1. The zero-order chi connectivity index (χ0) is 13.2. The van der Waals surface area contributed by atoms with Crippen LogP contribution in [-0.2, 0) is 4.74 Å². The van der Waals surface area contributed by atoms with Crippen LogP contribution in [0.4, 0.5) is 5.82 Å². The summed E-state index contributed by atoms with van der Waals surface area (Å²) >= 11 is 5.80. The minimum absolute atomic E-state index is 0.223. The Morgan fingerprint density at radius 1 is 1.72 bits per heavy atom. The average Bonchev–Trinajstić information content (AvgIpc) is 2.67. The van der Waals surface area contributed by atoms with Crippen molar-refractivity contribution in [3.05, 3.63) is 22.8 Å². The van der Waals surface area contributed by atoms with Gasteiger partial charge in [0, 0.05) is 19.6 Å². The molecule has 1 aliphatic rings. The summed E-state index contributed by atoms with van der Waals surface area (Å²) < 4.78 is 5.34. The van der Waals surface area contributed by atoms with E-state index in [0.717, 1.165) is 0 Å². The van der Waals surface area contributed by atoms with Crippen molar-refractivity contribution < 1.29 is 9.84 Å². The van der Waals surface area contributed by atoms with Gasteiger partial charge in [0.1, 0.15) is 16.6 Å². The van der Waals surface area contributed by atoms with Gasteiger partial charge in [0.2, 0.25) is 0 Å². The van der Waals surface area contributed by atoms with E-state index < -0.39 is 5.60 Å². The van der Waals surface area contributed by atoms with Crippen LogP contribution in [0.15, 0.2) is 12.1 Å². The van der Waals surface area contributed by atoms with Gasteiger partial charge in [0.15, 0.2) is 0 Å². The van der Waals surface area contributed by atoms with E-state index in [1.54, 1.807) is 6.07 Å². The predicted octanol–water partition coefficient (Wildman–Crippen LogP) is 1.56. The van der Waals surface area contributed by atoms with Gasteiger partial charge in [-0.25, -0.2) is 4.98 Å². The smallest absolute Gasteiger partial charge is 0.132 e. The van der Waals surface area contributed by atoms with E-state index >= 15 is 0 Å². The minimum atomic E-state index is -0.906. The Labute approximate surface area is 110 Å². The van der Waals surface area contributed by atoms with Crippen molar-refractivity contribution in [2.75, 3.05) is 18.5 Å². The second-order valence-electron chi connectivity index (χ2n) is 4.40. The van der Waals surface area contributed by atoms with Crippen molar-refractivity contribution in [2.45, 2.75) is 25.0 Å². The Morgan fingerprint density at radius 3 is 3.11 bits per heavy atom. The first-order chi connectivity index (χ1) is 8.53. The van der Waals surface area contributed by atoms with Crippen molar-refractivity contribution in [1.29, 1.82) is 5.26 Å². The molecule has 0 spiro atoms. The maximum atomic E-state index is 10.3. The Balaban J connectivity index is 2.06. The minimum Gasteiger partial charge on any atom is -0.385 e. The normalized spacial score (nSPS) is 26.9. The van der Waals surface area contributed by atoms with Gasteiger partial charge >= 0.3 is 0 Å². The molecule has 1 fully saturated rings. The Hall–Kier alpha value is -1.35. The molecule has 0 aliphatic carbocycles. The maximum absolute atomic E-state index is 10.3. The van der Waals surface area contributed by atoms with Crippen LogP contribution in [0.25, 0.3) is 0 Å². The van der Waals surface area contributed by atoms with Crippen LogP contribution in [-0.4, -0.2) is 34.9 Å².